The normalized spacial score (nSPS) is 31.5. The lowest BCUT2D eigenvalue weighted by Gasteiger charge is -2.34. The summed E-state index contributed by atoms with van der Waals surface area (Å²) in [7, 11) is 0. The van der Waals surface area contributed by atoms with Gasteiger partial charge in [-0.3, -0.25) is 0 Å². The molecule has 4 heteroatoms. The summed E-state index contributed by atoms with van der Waals surface area (Å²) in [4.78, 5) is 0. The monoisotopic (exact) mass is 225 g/mol. The second-order valence-corrected chi connectivity index (χ2v) is 5.83. The Kier molecular flexibility index (Phi) is 3.24. The van der Waals surface area contributed by atoms with Crippen LogP contribution in [0.2, 0.25) is 0 Å². The van der Waals surface area contributed by atoms with Crippen LogP contribution in [0.3, 0.4) is 0 Å². The molecule has 0 saturated heterocycles. The van der Waals surface area contributed by atoms with Crippen molar-refractivity contribution in [3.63, 3.8) is 0 Å². The summed E-state index contributed by atoms with van der Waals surface area (Å²) in [5.74, 6) is 1.56. The van der Waals surface area contributed by atoms with Crippen LogP contribution in [0.4, 0.5) is 5.13 Å². The molecule has 1 heterocycles. The fourth-order valence-corrected chi connectivity index (χ4v) is 2.95. The maximum atomic E-state index is 4.13. The predicted molar refractivity (Wildman–Crippen MR) is 64.2 cm³/mol. The molecule has 0 radical (unpaired) electrons. The Morgan fingerprint density at radius 2 is 2.07 bits per heavy atom. The SMILES string of the molecule is Cc1nnc(NC2CCCC(C)C2C)s1. The minimum atomic E-state index is 0.584. The summed E-state index contributed by atoms with van der Waals surface area (Å²) in [6.07, 6.45) is 3.97. The summed E-state index contributed by atoms with van der Waals surface area (Å²) in [6, 6.07) is 0.584. The predicted octanol–water partition coefficient (Wildman–Crippen LogP) is 3.08. The standard InChI is InChI=1S/C11H19N3S/c1-7-5-4-6-10(8(7)2)12-11-14-13-9(3)15-11/h7-8,10H,4-6H2,1-3H3,(H,12,14). The second kappa shape index (κ2) is 4.47. The molecule has 1 N–H and O–H groups in total. The van der Waals surface area contributed by atoms with Crippen molar-refractivity contribution in [2.75, 3.05) is 5.32 Å². The number of hydrogen-bond acceptors (Lipinski definition) is 4. The first-order valence-electron chi connectivity index (χ1n) is 5.73. The van der Waals surface area contributed by atoms with Gasteiger partial charge in [-0.15, -0.1) is 10.2 Å². The third-order valence-electron chi connectivity index (χ3n) is 3.54. The third-order valence-corrected chi connectivity index (χ3v) is 4.31. The van der Waals surface area contributed by atoms with E-state index in [-0.39, 0.29) is 0 Å². The number of nitrogens with one attached hydrogen (secondary N) is 1. The topological polar surface area (TPSA) is 37.8 Å². The molecule has 1 saturated carbocycles. The molecule has 3 atom stereocenters. The zero-order chi connectivity index (χ0) is 10.8. The van der Waals surface area contributed by atoms with Gasteiger partial charge in [0.25, 0.3) is 0 Å². The van der Waals surface area contributed by atoms with E-state index >= 15 is 0 Å². The van der Waals surface area contributed by atoms with Crippen molar-refractivity contribution in [3.05, 3.63) is 5.01 Å². The lowest BCUT2D eigenvalue weighted by molar-refractivity contribution is 0.253. The van der Waals surface area contributed by atoms with E-state index in [0.717, 1.165) is 22.0 Å². The summed E-state index contributed by atoms with van der Waals surface area (Å²) in [6.45, 7) is 6.69. The van der Waals surface area contributed by atoms with Crippen molar-refractivity contribution >= 4 is 16.5 Å². The molecule has 1 aliphatic rings. The largest absolute Gasteiger partial charge is 0.357 e. The molecule has 3 unspecified atom stereocenters. The van der Waals surface area contributed by atoms with E-state index < -0.39 is 0 Å². The van der Waals surface area contributed by atoms with Crippen molar-refractivity contribution in [2.45, 2.75) is 46.1 Å². The molecule has 0 aromatic carbocycles. The molecule has 2 rings (SSSR count). The van der Waals surface area contributed by atoms with Crippen LogP contribution < -0.4 is 5.32 Å². The minimum absolute atomic E-state index is 0.584. The van der Waals surface area contributed by atoms with Gasteiger partial charge in [0.15, 0.2) is 0 Å². The first-order chi connectivity index (χ1) is 7.16. The Morgan fingerprint density at radius 3 is 2.73 bits per heavy atom. The minimum Gasteiger partial charge on any atom is -0.357 e. The molecule has 0 amide bonds. The molecule has 3 nitrogen and oxygen atoms in total. The molecule has 1 aromatic heterocycles. The zero-order valence-corrected chi connectivity index (χ0v) is 10.5. The van der Waals surface area contributed by atoms with E-state index in [9.17, 15) is 0 Å². The quantitative estimate of drug-likeness (QED) is 0.840. The van der Waals surface area contributed by atoms with Gasteiger partial charge in [-0.2, -0.15) is 0 Å². The lowest BCUT2D eigenvalue weighted by atomic mass is 9.78. The van der Waals surface area contributed by atoms with Crippen molar-refractivity contribution < 1.29 is 0 Å². The Bertz CT molecular complexity index is 323. The molecule has 0 aliphatic heterocycles. The highest BCUT2D eigenvalue weighted by Crippen LogP contribution is 2.31. The van der Waals surface area contributed by atoms with Gasteiger partial charge in [-0.25, -0.2) is 0 Å². The molecule has 1 aliphatic carbocycles. The van der Waals surface area contributed by atoms with Gasteiger partial charge in [0.2, 0.25) is 5.13 Å². The molecule has 1 aromatic rings. The lowest BCUT2D eigenvalue weighted by Crippen LogP contribution is -2.34. The van der Waals surface area contributed by atoms with Gasteiger partial charge in [0, 0.05) is 6.04 Å². The van der Waals surface area contributed by atoms with Crippen LogP contribution in [-0.4, -0.2) is 16.2 Å². The van der Waals surface area contributed by atoms with Crippen LogP contribution >= 0.6 is 11.3 Å². The number of aryl methyl sites for hydroxylation is 1. The van der Waals surface area contributed by atoms with E-state index in [1.54, 1.807) is 11.3 Å². The second-order valence-electron chi connectivity index (χ2n) is 4.64. The van der Waals surface area contributed by atoms with E-state index in [2.05, 4.69) is 29.4 Å². The average molecular weight is 225 g/mol. The first kappa shape index (κ1) is 10.9. The molecule has 0 spiro atoms. The van der Waals surface area contributed by atoms with Crippen LogP contribution in [0.15, 0.2) is 0 Å². The summed E-state index contributed by atoms with van der Waals surface area (Å²) >= 11 is 1.65. The molecule has 1 fully saturated rings. The van der Waals surface area contributed by atoms with Crippen LogP contribution in [0, 0.1) is 18.8 Å². The highest BCUT2D eigenvalue weighted by molar-refractivity contribution is 7.15. The summed E-state index contributed by atoms with van der Waals surface area (Å²) in [5.41, 5.74) is 0. The van der Waals surface area contributed by atoms with Crippen molar-refractivity contribution in [1.29, 1.82) is 0 Å². The van der Waals surface area contributed by atoms with E-state index in [1.165, 1.54) is 19.3 Å². The van der Waals surface area contributed by atoms with E-state index in [1.807, 2.05) is 6.92 Å². The number of anilines is 1. The highest BCUT2D eigenvalue weighted by Gasteiger charge is 2.27. The van der Waals surface area contributed by atoms with Gasteiger partial charge in [0.1, 0.15) is 5.01 Å². The Labute approximate surface area is 95.3 Å². The van der Waals surface area contributed by atoms with Crippen molar-refractivity contribution in [2.24, 2.45) is 11.8 Å². The fraction of sp³-hybridized carbons (Fsp3) is 0.818. The Hall–Kier alpha value is -0.640. The van der Waals surface area contributed by atoms with Crippen LogP contribution in [0.5, 0.6) is 0 Å². The van der Waals surface area contributed by atoms with Crippen LogP contribution in [-0.2, 0) is 0 Å². The fourth-order valence-electron chi connectivity index (χ4n) is 2.30. The molecular weight excluding hydrogens is 206 g/mol. The molecule has 84 valence electrons. The zero-order valence-electron chi connectivity index (χ0n) is 9.66. The first-order valence-corrected chi connectivity index (χ1v) is 6.55. The van der Waals surface area contributed by atoms with Crippen LogP contribution in [0.1, 0.15) is 38.1 Å². The van der Waals surface area contributed by atoms with Gasteiger partial charge in [0.05, 0.1) is 0 Å². The average Bonchev–Trinajstić information content (AvgIpc) is 2.59. The van der Waals surface area contributed by atoms with Gasteiger partial charge < -0.3 is 5.32 Å². The number of aromatic nitrogens is 2. The number of hydrogen-bond donors (Lipinski definition) is 1. The number of nitrogens with zero attached hydrogens (tertiary/aromatic N) is 2. The Morgan fingerprint density at radius 1 is 1.27 bits per heavy atom. The molecule has 15 heavy (non-hydrogen) atoms. The molecule has 0 bridgehead atoms. The van der Waals surface area contributed by atoms with Crippen molar-refractivity contribution in [1.82, 2.24) is 10.2 Å². The maximum Gasteiger partial charge on any atom is 0.205 e. The van der Waals surface area contributed by atoms with Crippen LogP contribution in [0.25, 0.3) is 0 Å². The third kappa shape index (κ3) is 2.48. The highest BCUT2D eigenvalue weighted by atomic mass is 32.1. The summed E-state index contributed by atoms with van der Waals surface area (Å²) in [5, 5.41) is 13.7. The molecular formula is C11H19N3S. The number of rotatable bonds is 2. The van der Waals surface area contributed by atoms with Gasteiger partial charge >= 0.3 is 0 Å². The van der Waals surface area contributed by atoms with Gasteiger partial charge in [-0.1, -0.05) is 38.0 Å². The van der Waals surface area contributed by atoms with Crippen molar-refractivity contribution in [3.8, 4) is 0 Å². The summed E-state index contributed by atoms with van der Waals surface area (Å²) < 4.78 is 0. The smallest absolute Gasteiger partial charge is 0.205 e. The Balaban J connectivity index is 1.99. The van der Waals surface area contributed by atoms with E-state index in [0.29, 0.717) is 6.04 Å². The van der Waals surface area contributed by atoms with Gasteiger partial charge in [-0.05, 0) is 25.2 Å². The van der Waals surface area contributed by atoms with E-state index in [4.69, 9.17) is 0 Å². The maximum absolute atomic E-state index is 4.13.